The zero-order valence-electron chi connectivity index (χ0n) is 6.67. The highest BCUT2D eigenvalue weighted by Gasteiger charge is 2.20. The van der Waals surface area contributed by atoms with Crippen LogP contribution >= 0.6 is 23.7 Å². The molecule has 1 unspecified atom stereocenters. The van der Waals surface area contributed by atoms with Gasteiger partial charge in [0.2, 0.25) is 0 Å². The molecule has 3 heteroatoms. The van der Waals surface area contributed by atoms with Crippen molar-refractivity contribution in [3.05, 3.63) is 0 Å². The van der Waals surface area contributed by atoms with Gasteiger partial charge in [0.1, 0.15) is 0 Å². The maximum atomic E-state index is 2.46. The predicted molar refractivity (Wildman–Crippen MR) is 51.6 cm³/mol. The first-order valence-electron chi connectivity index (χ1n) is 3.64. The van der Waals surface area contributed by atoms with Gasteiger partial charge in [0.25, 0.3) is 0 Å². The minimum atomic E-state index is 0.961. The van der Waals surface area contributed by atoms with Crippen LogP contribution in [-0.2, 0) is 0 Å². The molecule has 1 saturated heterocycles. The third-order valence-electron chi connectivity index (χ3n) is 1.91. The van der Waals surface area contributed by atoms with E-state index >= 15 is 0 Å². The molecule has 10 heavy (non-hydrogen) atoms. The van der Waals surface area contributed by atoms with E-state index < -0.39 is 0 Å². The summed E-state index contributed by atoms with van der Waals surface area (Å²) in [5, 5.41) is 0. The standard InChI is InChI=1S/C7H15NS2/c1-9-6-7-3-4-8(5-7)10-2/h7H,3-6H2,1-2H3. The first-order valence-corrected chi connectivity index (χ1v) is 6.22. The molecule has 0 aliphatic carbocycles. The fraction of sp³-hybridized carbons (Fsp3) is 1.00. The van der Waals surface area contributed by atoms with Crippen LogP contribution in [-0.4, -0.2) is 35.7 Å². The highest BCUT2D eigenvalue weighted by molar-refractivity contribution is 7.98. The summed E-state index contributed by atoms with van der Waals surface area (Å²) in [7, 11) is 0. The number of nitrogens with zero attached hydrogens (tertiary/aromatic N) is 1. The molecule has 0 aromatic rings. The Balaban J connectivity index is 2.15. The van der Waals surface area contributed by atoms with E-state index in [2.05, 4.69) is 16.8 Å². The van der Waals surface area contributed by atoms with Crippen LogP contribution in [0.5, 0.6) is 0 Å². The third-order valence-corrected chi connectivity index (χ3v) is 3.56. The van der Waals surface area contributed by atoms with Crippen molar-refractivity contribution >= 4 is 23.7 Å². The minimum Gasteiger partial charge on any atom is -0.251 e. The number of rotatable bonds is 3. The smallest absolute Gasteiger partial charge is 0.0126 e. The van der Waals surface area contributed by atoms with Gasteiger partial charge in [-0.15, -0.1) is 0 Å². The molecule has 0 spiro atoms. The van der Waals surface area contributed by atoms with E-state index in [1.807, 2.05) is 23.7 Å². The SMILES string of the molecule is CSCC1CCN(SC)C1. The fourth-order valence-corrected chi connectivity index (χ4v) is 2.73. The molecular formula is C7H15NS2. The Bertz CT molecular complexity index is 97.6. The topological polar surface area (TPSA) is 3.24 Å². The Morgan fingerprint density at radius 3 is 2.80 bits per heavy atom. The molecule has 1 aliphatic heterocycles. The number of thioether (sulfide) groups is 1. The molecule has 60 valence electrons. The largest absolute Gasteiger partial charge is 0.251 e. The summed E-state index contributed by atoms with van der Waals surface area (Å²) < 4.78 is 2.46. The van der Waals surface area contributed by atoms with E-state index in [-0.39, 0.29) is 0 Å². The normalized spacial score (nSPS) is 27.6. The molecule has 0 saturated carbocycles. The van der Waals surface area contributed by atoms with Crippen molar-refractivity contribution in [2.45, 2.75) is 6.42 Å². The van der Waals surface area contributed by atoms with Crippen molar-refractivity contribution in [2.24, 2.45) is 5.92 Å². The molecule has 0 N–H and O–H groups in total. The average Bonchev–Trinajstić information content (AvgIpc) is 2.37. The molecule has 0 amide bonds. The Morgan fingerprint density at radius 2 is 2.30 bits per heavy atom. The van der Waals surface area contributed by atoms with Crippen molar-refractivity contribution < 1.29 is 0 Å². The first kappa shape index (κ1) is 8.75. The molecule has 1 nitrogen and oxygen atoms in total. The number of hydrogen-bond donors (Lipinski definition) is 0. The van der Waals surface area contributed by atoms with Crippen LogP contribution in [0.1, 0.15) is 6.42 Å². The summed E-state index contributed by atoms with van der Waals surface area (Å²) in [4.78, 5) is 0. The van der Waals surface area contributed by atoms with E-state index in [1.54, 1.807) is 0 Å². The van der Waals surface area contributed by atoms with Gasteiger partial charge < -0.3 is 0 Å². The van der Waals surface area contributed by atoms with Crippen LogP contribution in [0, 0.1) is 5.92 Å². The van der Waals surface area contributed by atoms with Gasteiger partial charge in [-0.1, -0.05) is 11.9 Å². The lowest BCUT2D eigenvalue weighted by atomic mass is 10.2. The lowest BCUT2D eigenvalue weighted by molar-refractivity contribution is 0.555. The van der Waals surface area contributed by atoms with Crippen LogP contribution in [0.2, 0.25) is 0 Å². The lowest BCUT2D eigenvalue weighted by Gasteiger charge is -2.10. The van der Waals surface area contributed by atoms with Crippen molar-refractivity contribution in [3.63, 3.8) is 0 Å². The van der Waals surface area contributed by atoms with Crippen molar-refractivity contribution in [1.82, 2.24) is 4.31 Å². The Kier molecular flexibility index (Phi) is 3.96. The molecule has 0 aromatic heterocycles. The van der Waals surface area contributed by atoms with Gasteiger partial charge in [0.15, 0.2) is 0 Å². The second kappa shape index (κ2) is 4.52. The summed E-state index contributed by atoms with van der Waals surface area (Å²) in [6.45, 7) is 2.61. The van der Waals surface area contributed by atoms with Gasteiger partial charge in [0.05, 0.1) is 0 Å². The van der Waals surface area contributed by atoms with Gasteiger partial charge in [0, 0.05) is 13.1 Å². The van der Waals surface area contributed by atoms with Gasteiger partial charge in [-0.2, -0.15) is 11.8 Å². The van der Waals surface area contributed by atoms with Crippen LogP contribution < -0.4 is 0 Å². The first-order chi connectivity index (χ1) is 4.86. The van der Waals surface area contributed by atoms with Gasteiger partial charge in [-0.25, -0.2) is 0 Å². The number of hydrogen-bond acceptors (Lipinski definition) is 3. The van der Waals surface area contributed by atoms with Gasteiger partial charge >= 0.3 is 0 Å². The summed E-state index contributed by atoms with van der Waals surface area (Å²) in [5.74, 6) is 2.30. The third kappa shape index (κ3) is 2.36. The van der Waals surface area contributed by atoms with E-state index in [0.29, 0.717) is 0 Å². The Labute approximate surface area is 72.1 Å². The summed E-state index contributed by atoms with van der Waals surface area (Å²) >= 11 is 3.86. The maximum absolute atomic E-state index is 2.46. The zero-order valence-corrected chi connectivity index (χ0v) is 8.30. The van der Waals surface area contributed by atoms with Gasteiger partial charge in [-0.05, 0) is 30.6 Å². The second-order valence-electron chi connectivity index (χ2n) is 2.68. The molecule has 1 fully saturated rings. The summed E-state index contributed by atoms with van der Waals surface area (Å²) in [6.07, 6.45) is 5.77. The molecule has 1 atom stereocenters. The zero-order chi connectivity index (χ0) is 7.40. The predicted octanol–water partition coefficient (Wildman–Crippen LogP) is 1.95. The van der Waals surface area contributed by atoms with Crippen LogP contribution in [0.25, 0.3) is 0 Å². The molecule has 0 radical (unpaired) electrons. The molecular weight excluding hydrogens is 162 g/mol. The van der Waals surface area contributed by atoms with Crippen molar-refractivity contribution in [3.8, 4) is 0 Å². The quantitative estimate of drug-likeness (QED) is 0.607. The monoisotopic (exact) mass is 177 g/mol. The molecule has 0 bridgehead atoms. The highest BCUT2D eigenvalue weighted by Crippen LogP contribution is 2.23. The van der Waals surface area contributed by atoms with Crippen LogP contribution in [0.3, 0.4) is 0 Å². The van der Waals surface area contributed by atoms with Crippen molar-refractivity contribution in [1.29, 1.82) is 0 Å². The maximum Gasteiger partial charge on any atom is 0.0126 e. The minimum absolute atomic E-state index is 0.961. The van der Waals surface area contributed by atoms with Crippen molar-refractivity contribution in [2.75, 3.05) is 31.4 Å². The Morgan fingerprint density at radius 1 is 1.50 bits per heavy atom. The second-order valence-corrected chi connectivity index (χ2v) is 4.47. The summed E-state index contributed by atoms with van der Waals surface area (Å²) in [5.41, 5.74) is 0. The highest BCUT2D eigenvalue weighted by atomic mass is 32.2. The average molecular weight is 177 g/mol. The van der Waals surface area contributed by atoms with Gasteiger partial charge in [-0.3, -0.25) is 4.31 Å². The van der Waals surface area contributed by atoms with Crippen LogP contribution in [0.4, 0.5) is 0 Å². The van der Waals surface area contributed by atoms with Crippen LogP contribution in [0.15, 0.2) is 0 Å². The fourth-order valence-electron chi connectivity index (χ4n) is 1.33. The Hall–Kier alpha value is 0.660. The molecule has 1 aliphatic rings. The molecule has 1 heterocycles. The van der Waals surface area contributed by atoms with E-state index in [4.69, 9.17) is 0 Å². The lowest BCUT2D eigenvalue weighted by Crippen LogP contribution is -2.11. The van der Waals surface area contributed by atoms with E-state index in [0.717, 1.165) is 5.92 Å². The van der Waals surface area contributed by atoms with E-state index in [9.17, 15) is 0 Å². The summed E-state index contributed by atoms with van der Waals surface area (Å²) in [6, 6.07) is 0. The molecule has 1 rings (SSSR count). The molecule has 0 aromatic carbocycles. The van der Waals surface area contributed by atoms with E-state index in [1.165, 1.54) is 25.3 Å².